The van der Waals surface area contributed by atoms with Gasteiger partial charge in [0.25, 0.3) is 0 Å². The minimum absolute atomic E-state index is 0.0578. The summed E-state index contributed by atoms with van der Waals surface area (Å²) in [4.78, 5) is 18.0. The van der Waals surface area contributed by atoms with Crippen LogP contribution in [0.2, 0.25) is 0 Å². The molecular weight excluding hydrogens is 270 g/mol. The molecule has 16 heavy (non-hydrogen) atoms. The minimum Gasteiger partial charge on any atom is -0.355 e. The highest BCUT2D eigenvalue weighted by Crippen LogP contribution is 2.31. The SMILES string of the molecule is CC1(C)C(=O)NCCN1c1ccncc1Br. The molecule has 1 aliphatic rings. The van der Waals surface area contributed by atoms with Gasteiger partial charge in [0.15, 0.2) is 0 Å². The van der Waals surface area contributed by atoms with Gasteiger partial charge >= 0.3 is 0 Å². The van der Waals surface area contributed by atoms with E-state index < -0.39 is 5.54 Å². The molecule has 0 spiro atoms. The zero-order valence-electron chi connectivity index (χ0n) is 9.33. The maximum absolute atomic E-state index is 11.8. The Balaban J connectivity index is 2.40. The minimum atomic E-state index is -0.526. The summed E-state index contributed by atoms with van der Waals surface area (Å²) in [5.74, 6) is 0.0578. The highest BCUT2D eigenvalue weighted by Gasteiger charge is 2.38. The van der Waals surface area contributed by atoms with E-state index in [2.05, 4.69) is 31.1 Å². The van der Waals surface area contributed by atoms with Crippen LogP contribution in [0.15, 0.2) is 22.9 Å². The predicted octanol–water partition coefficient (Wildman–Crippen LogP) is 1.56. The predicted molar refractivity (Wildman–Crippen MR) is 66.4 cm³/mol. The number of rotatable bonds is 1. The van der Waals surface area contributed by atoms with Gasteiger partial charge in [-0.1, -0.05) is 0 Å². The lowest BCUT2D eigenvalue weighted by molar-refractivity contribution is -0.126. The van der Waals surface area contributed by atoms with Crippen molar-refractivity contribution in [1.82, 2.24) is 10.3 Å². The van der Waals surface area contributed by atoms with E-state index in [1.165, 1.54) is 0 Å². The molecule has 86 valence electrons. The zero-order chi connectivity index (χ0) is 11.8. The molecule has 1 aromatic rings. The monoisotopic (exact) mass is 283 g/mol. The smallest absolute Gasteiger partial charge is 0.245 e. The van der Waals surface area contributed by atoms with Gasteiger partial charge in [0.1, 0.15) is 5.54 Å². The van der Waals surface area contributed by atoms with E-state index in [1.807, 2.05) is 19.9 Å². The number of hydrogen-bond acceptors (Lipinski definition) is 3. The first-order chi connectivity index (χ1) is 7.53. The Morgan fingerprint density at radius 1 is 1.56 bits per heavy atom. The lowest BCUT2D eigenvalue weighted by Crippen LogP contribution is -2.62. The summed E-state index contributed by atoms with van der Waals surface area (Å²) in [7, 11) is 0. The van der Waals surface area contributed by atoms with Crippen LogP contribution in [0.5, 0.6) is 0 Å². The van der Waals surface area contributed by atoms with E-state index in [1.54, 1.807) is 12.4 Å². The Bertz CT molecular complexity index is 419. The average molecular weight is 284 g/mol. The molecule has 0 bridgehead atoms. The van der Waals surface area contributed by atoms with Crippen LogP contribution in [0, 0.1) is 0 Å². The van der Waals surface area contributed by atoms with Crippen LogP contribution in [0.3, 0.4) is 0 Å². The van der Waals surface area contributed by atoms with Gasteiger partial charge in [-0.2, -0.15) is 0 Å². The Hall–Kier alpha value is -1.10. The Kier molecular flexibility index (Phi) is 2.88. The molecule has 0 saturated carbocycles. The first-order valence-electron chi connectivity index (χ1n) is 5.19. The molecule has 0 aliphatic carbocycles. The van der Waals surface area contributed by atoms with Crippen molar-refractivity contribution in [2.45, 2.75) is 19.4 Å². The van der Waals surface area contributed by atoms with Crippen molar-refractivity contribution in [3.63, 3.8) is 0 Å². The van der Waals surface area contributed by atoms with Crippen molar-refractivity contribution < 1.29 is 4.79 Å². The standard InChI is InChI=1S/C11H14BrN3O/c1-11(2)10(16)14-5-6-15(11)9-3-4-13-7-8(9)12/h3-4,7H,5-6H2,1-2H3,(H,14,16). The van der Waals surface area contributed by atoms with Crippen LogP contribution in [0.25, 0.3) is 0 Å². The van der Waals surface area contributed by atoms with Crippen LogP contribution < -0.4 is 10.2 Å². The number of carbonyl (C=O) groups excluding carboxylic acids is 1. The van der Waals surface area contributed by atoms with Gasteiger partial charge in [-0.05, 0) is 35.8 Å². The highest BCUT2D eigenvalue weighted by atomic mass is 79.9. The number of hydrogen-bond donors (Lipinski definition) is 1. The van der Waals surface area contributed by atoms with Crippen LogP contribution >= 0.6 is 15.9 Å². The van der Waals surface area contributed by atoms with Crippen LogP contribution in [0.4, 0.5) is 5.69 Å². The number of anilines is 1. The zero-order valence-corrected chi connectivity index (χ0v) is 10.9. The lowest BCUT2D eigenvalue weighted by atomic mass is 9.98. The van der Waals surface area contributed by atoms with E-state index >= 15 is 0 Å². The molecule has 0 atom stereocenters. The second-order valence-electron chi connectivity index (χ2n) is 4.29. The molecule has 4 nitrogen and oxygen atoms in total. The number of nitrogens with zero attached hydrogens (tertiary/aromatic N) is 2. The first-order valence-corrected chi connectivity index (χ1v) is 5.98. The fourth-order valence-electron chi connectivity index (χ4n) is 1.91. The Morgan fingerprint density at radius 2 is 2.31 bits per heavy atom. The molecule has 1 N–H and O–H groups in total. The van der Waals surface area contributed by atoms with E-state index in [4.69, 9.17) is 0 Å². The largest absolute Gasteiger partial charge is 0.355 e. The fraction of sp³-hybridized carbons (Fsp3) is 0.455. The fourth-order valence-corrected chi connectivity index (χ4v) is 2.37. The van der Waals surface area contributed by atoms with E-state index in [0.717, 1.165) is 16.7 Å². The van der Waals surface area contributed by atoms with Gasteiger partial charge in [0.05, 0.1) is 10.2 Å². The number of amides is 1. The van der Waals surface area contributed by atoms with E-state index in [0.29, 0.717) is 6.54 Å². The van der Waals surface area contributed by atoms with Gasteiger partial charge in [0, 0.05) is 25.5 Å². The number of nitrogens with one attached hydrogen (secondary N) is 1. The van der Waals surface area contributed by atoms with Crippen LogP contribution in [-0.2, 0) is 4.79 Å². The van der Waals surface area contributed by atoms with Gasteiger partial charge in [-0.3, -0.25) is 9.78 Å². The number of carbonyl (C=O) groups is 1. The second kappa shape index (κ2) is 4.05. The molecule has 5 heteroatoms. The number of pyridine rings is 1. The summed E-state index contributed by atoms with van der Waals surface area (Å²) in [5, 5.41) is 2.88. The maximum atomic E-state index is 11.8. The quantitative estimate of drug-likeness (QED) is 0.851. The first kappa shape index (κ1) is 11.4. The maximum Gasteiger partial charge on any atom is 0.245 e. The van der Waals surface area contributed by atoms with Crippen LogP contribution in [-0.4, -0.2) is 29.5 Å². The molecule has 2 heterocycles. The molecular formula is C11H14BrN3O. The summed E-state index contributed by atoms with van der Waals surface area (Å²) in [6, 6.07) is 1.92. The van der Waals surface area contributed by atoms with Gasteiger partial charge in [-0.25, -0.2) is 0 Å². The molecule has 1 saturated heterocycles. The number of piperazine rings is 1. The van der Waals surface area contributed by atoms with Crippen molar-refractivity contribution in [2.75, 3.05) is 18.0 Å². The van der Waals surface area contributed by atoms with E-state index in [-0.39, 0.29) is 5.91 Å². The normalized spacial score (nSPS) is 19.4. The highest BCUT2D eigenvalue weighted by molar-refractivity contribution is 9.10. The average Bonchev–Trinajstić information content (AvgIpc) is 2.24. The summed E-state index contributed by atoms with van der Waals surface area (Å²) >= 11 is 3.47. The van der Waals surface area contributed by atoms with Gasteiger partial charge in [-0.15, -0.1) is 0 Å². The molecule has 1 aliphatic heterocycles. The third-order valence-corrected chi connectivity index (χ3v) is 3.50. The molecule has 0 aromatic carbocycles. The molecule has 2 rings (SSSR count). The third kappa shape index (κ3) is 1.80. The van der Waals surface area contributed by atoms with Crippen molar-refractivity contribution >= 4 is 27.5 Å². The molecule has 1 aromatic heterocycles. The third-order valence-electron chi connectivity index (χ3n) is 2.89. The van der Waals surface area contributed by atoms with E-state index in [9.17, 15) is 4.79 Å². The van der Waals surface area contributed by atoms with Crippen molar-refractivity contribution in [3.8, 4) is 0 Å². The molecule has 1 fully saturated rings. The second-order valence-corrected chi connectivity index (χ2v) is 5.15. The van der Waals surface area contributed by atoms with Crippen LogP contribution in [0.1, 0.15) is 13.8 Å². The van der Waals surface area contributed by atoms with Gasteiger partial charge in [0.2, 0.25) is 5.91 Å². The molecule has 1 amide bonds. The Labute approximate surface area is 103 Å². The molecule has 0 radical (unpaired) electrons. The molecule has 0 unspecified atom stereocenters. The summed E-state index contributed by atoms with van der Waals surface area (Å²) in [6.45, 7) is 5.33. The van der Waals surface area contributed by atoms with Crippen molar-refractivity contribution in [2.24, 2.45) is 0 Å². The van der Waals surface area contributed by atoms with Crippen molar-refractivity contribution in [3.05, 3.63) is 22.9 Å². The summed E-state index contributed by atoms with van der Waals surface area (Å²) in [5.41, 5.74) is 0.483. The number of halogens is 1. The number of aromatic nitrogens is 1. The van der Waals surface area contributed by atoms with Crippen molar-refractivity contribution in [1.29, 1.82) is 0 Å². The Morgan fingerprint density at radius 3 is 3.00 bits per heavy atom. The van der Waals surface area contributed by atoms with Gasteiger partial charge < -0.3 is 10.2 Å². The topological polar surface area (TPSA) is 45.2 Å². The lowest BCUT2D eigenvalue weighted by Gasteiger charge is -2.43. The summed E-state index contributed by atoms with van der Waals surface area (Å²) in [6.07, 6.45) is 3.49. The summed E-state index contributed by atoms with van der Waals surface area (Å²) < 4.78 is 0.915.